The van der Waals surface area contributed by atoms with Crippen LogP contribution in [0, 0.1) is 5.92 Å². The zero-order chi connectivity index (χ0) is 20.8. The van der Waals surface area contributed by atoms with Gasteiger partial charge in [-0.05, 0) is 56.2 Å². The van der Waals surface area contributed by atoms with E-state index in [1.807, 2.05) is 6.92 Å². The van der Waals surface area contributed by atoms with Crippen LogP contribution in [-0.4, -0.2) is 47.5 Å². The number of piperidine rings is 1. The molecule has 152 valence electrons. The van der Waals surface area contributed by atoms with Gasteiger partial charge in [-0.25, -0.2) is 0 Å². The van der Waals surface area contributed by atoms with Crippen molar-refractivity contribution in [2.45, 2.75) is 19.8 Å². The van der Waals surface area contributed by atoms with Crippen LogP contribution in [0.3, 0.4) is 0 Å². The van der Waals surface area contributed by atoms with Crippen molar-refractivity contribution in [2.75, 3.05) is 25.0 Å². The summed E-state index contributed by atoms with van der Waals surface area (Å²) in [6.07, 6.45) is 0.933. The average molecular weight is 396 g/mol. The van der Waals surface area contributed by atoms with Gasteiger partial charge in [-0.1, -0.05) is 12.1 Å². The van der Waals surface area contributed by atoms with Crippen LogP contribution >= 0.6 is 0 Å². The Morgan fingerprint density at radius 2 is 1.72 bits per heavy atom. The number of nitrogens with zero attached hydrogens (tertiary/aromatic N) is 1. The van der Waals surface area contributed by atoms with Crippen molar-refractivity contribution >= 4 is 23.5 Å². The highest BCUT2D eigenvalue weighted by molar-refractivity contribution is 6.06. The van der Waals surface area contributed by atoms with E-state index in [2.05, 4.69) is 5.32 Å². The summed E-state index contributed by atoms with van der Waals surface area (Å²) < 4.78 is 5.49. The van der Waals surface area contributed by atoms with Gasteiger partial charge in [0.1, 0.15) is 5.75 Å². The molecule has 0 bridgehead atoms. The van der Waals surface area contributed by atoms with E-state index < -0.39 is 5.97 Å². The highest BCUT2D eigenvalue weighted by atomic mass is 16.5. The quantitative estimate of drug-likeness (QED) is 0.781. The van der Waals surface area contributed by atoms with E-state index in [9.17, 15) is 14.4 Å². The van der Waals surface area contributed by atoms with E-state index in [-0.39, 0.29) is 17.7 Å². The van der Waals surface area contributed by atoms with Crippen LogP contribution in [0.1, 0.15) is 40.5 Å². The standard InChI is InChI=1S/C22H24N2O5/c1-2-29-19-6-4-3-5-18(19)20(25)23-17-9-7-15(8-10-17)21(26)24-13-11-16(12-14-24)22(27)28/h3-10,16H,2,11-14H2,1H3,(H,23,25)(H,27,28). The molecule has 1 fully saturated rings. The predicted molar refractivity (Wildman–Crippen MR) is 108 cm³/mol. The number of carboxylic acids is 1. The van der Waals surface area contributed by atoms with Gasteiger partial charge >= 0.3 is 5.97 Å². The summed E-state index contributed by atoms with van der Waals surface area (Å²) >= 11 is 0. The fraction of sp³-hybridized carbons (Fsp3) is 0.318. The molecule has 1 aliphatic heterocycles. The largest absolute Gasteiger partial charge is 0.493 e. The van der Waals surface area contributed by atoms with Gasteiger partial charge in [-0.2, -0.15) is 0 Å². The van der Waals surface area contributed by atoms with Gasteiger partial charge in [-0.15, -0.1) is 0 Å². The van der Waals surface area contributed by atoms with E-state index in [1.165, 1.54) is 0 Å². The fourth-order valence-electron chi connectivity index (χ4n) is 3.34. The van der Waals surface area contributed by atoms with Crippen LogP contribution in [0.25, 0.3) is 0 Å². The molecule has 7 nitrogen and oxygen atoms in total. The molecule has 7 heteroatoms. The lowest BCUT2D eigenvalue weighted by Gasteiger charge is -2.30. The first-order valence-electron chi connectivity index (χ1n) is 9.65. The van der Waals surface area contributed by atoms with E-state index in [1.54, 1.807) is 53.4 Å². The Bertz CT molecular complexity index is 886. The monoisotopic (exact) mass is 396 g/mol. The zero-order valence-corrected chi connectivity index (χ0v) is 16.3. The normalized spacial score (nSPS) is 14.3. The van der Waals surface area contributed by atoms with Gasteiger partial charge in [0.05, 0.1) is 18.1 Å². The summed E-state index contributed by atoms with van der Waals surface area (Å²) in [6, 6.07) is 13.7. The number of anilines is 1. The highest BCUT2D eigenvalue weighted by Gasteiger charge is 2.27. The number of benzene rings is 2. The summed E-state index contributed by atoms with van der Waals surface area (Å²) in [4.78, 5) is 37.9. The van der Waals surface area contributed by atoms with Gasteiger partial charge in [0, 0.05) is 24.3 Å². The van der Waals surface area contributed by atoms with Gasteiger partial charge in [0.25, 0.3) is 11.8 Å². The van der Waals surface area contributed by atoms with Crippen LogP contribution in [0.15, 0.2) is 48.5 Å². The lowest BCUT2D eigenvalue weighted by Crippen LogP contribution is -2.40. The number of hydrogen-bond acceptors (Lipinski definition) is 4. The van der Waals surface area contributed by atoms with Crippen molar-refractivity contribution in [1.82, 2.24) is 4.90 Å². The zero-order valence-electron chi connectivity index (χ0n) is 16.3. The molecule has 0 unspecified atom stereocenters. The number of carbonyl (C=O) groups excluding carboxylic acids is 2. The molecule has 2 N–H and O–H groups in total. The number of aliphatic carboxylic acids is 1. The smallest absolute Gasteiger partial charge is 0.306 e. The maximum atomic E-state index is 12.6. The van der Waals surface area contributed by atoms with Crippen LogP contribution in [0.5, 0.6) is 5.75 Å². The number of carboxylic acid groups (broad SMARTS) is 1. The second kappa shape index (κ2) is 9.23. The molecule has 2 amide bonds. The second-order valence-corrected chi connectivity index (χ2v) is 6.87. The molecular formula is C22H24N2O5. The molecule has 0 aliphatic carbocycles. The van der Waals surface area contributed by atoms with Crippen molar-refractivity contribution in [1.29, 1.82) is 0 Å². The van der Waals surface area contributed by atoms with Gasteiger partial charge in [0.2, 0.25) is 0 Å². The molecule has 1 heterocycles. The molecule has 2 aromatic carbocycles. The van der Waals surface area contributed by atoms with Crippen molar-refractivity contribution in [3.05, 3.63) is 59.7 Å². The fourth-order valence-corrected chi connectivity index (χ4v) is 3.34. The lowest BCUT2D eigenvalue weighted by molar-refractivity contribution is -0.143. The summed E-state index contributed by atoms with van der Waals surface area (Å²) in [5.74, 6) is -1.08. The molecule has 0 radical (unpaired) electrons. The van der Waals surface area contributed by atoms with Crippen molar-refractivity contribution in [2.24, 2.45) is 5.92 Å². The second-order valence-electron chi connectivity index (χ2n) is 6.87. The molecule has 2 aromatic rings. The Morgan fingerprint density at radius 1 is 1.07 bits per heavy atom. The third-order valence-corrected chi connectivity index (χ3v) is 4.95. The number of likely N-dealkylation sites (tertiary alicyclic amines) is 1. The maximum absolute atomic E-state index is 12.6. The van der Waals surface area contributed by atoms with Crippen LogP contribution in [0.4, 0.5) is 5.69 Å². The highest BCUT2D eigenvalue weighted by Crippen LogP contribution is 2.22. The molecular weight excluding hydrogens is 372 g/mol. The topological polar surface area (TPSA) is 95.9 Å². The first-order valence-corrected chi connectivity index (χ1v) is 9.65. The minimum atomic E-state index is -0.803. The van der Waals surface area contributed by atoms with Crippen LogP contribution in [-0.2, 0) is 4.79 Å². The number of rotatable bonds is 6. The number of amides is 2. The van der Waals surface area contributed by atoms with Crippen LogP contribution < -0.4 is 10.1 Å². The molecule has 0 aromatic heterocycles. The Hall–Kier alpha value is -3.35. The molecule has 0 saturated carbocycles. The lowest BCUT2D eigenvalue weighted by atomic mass is 9.96. The SMILES string of the molecule is CCOc1ccccc1C(=O)Nc1ccc(C(=O)N2CCC(C(=O)O)CC2)cc1. The maximum Gasteiger partial charge on any atom is 0.306 e. The Kier molecular flexibility index (Phi) is 6.49. The molecule has 1 aliphatic rings. The minimum Gasteiger partial charge on any atom is -0.493 e. The number of carbonyl (C=O) groups is 3. The summed E-state index contributed by atoms with van der Waals surface area (Å²) in [5.41, 5.74) is 1.52. The van der Waals surface area contributed by atoms with E-state index in [4.69, 9.17) is 9.84 Å². The van der Waals surface area contributed by atoms with Gasteiger partial charge < -0.3 is 20.1 Å². The number of ether oxygens (including phenoxy) is 1. The third-order valence-electron chi connectivity index (χ3n) is 4.95. The van der Waals surface area contributed by atoms with Gasteiger partial charge in [-0.3, -0.25) is 14.4 Å². The van der Waals surface area contributed by atoms with E-state index in [0.717, 1.165) is 0 Å². The van der Waals surface area contributed by atoms with Crippen molar-refractivity contribution in [3.8, 4) is 5.75 Å². The number of para-hydroxylation sites is 1. The van der Waals surface area contributed by atoms with E-state index in [0.29, 0.717) is 55.1 Å². The van der Waals surface area contributed by atoms with Crippen LogP contribution in [0.2, 0.25) is 0 Å². The Labute approximate surface area is 169 Å². The summed E-state index contributed by atoms with van der Waals surface area (Å²) in [7, 11) is 0. The molecule has 0 atom stereocenters. The molecule has 0 spiro atoms. The Balaban J connectivity index is 1.62. The van der Waals surface area contributed by atoms with Crippen molar-refractivity contribution < 1.29 is 24.2 Å². The molecule has 3 rings (SSSR count). The first-order chi connectivity index (χ1) is 14.0. The number of hydrogen-bond donors (Lipinski definition) is 2. The predicted octanol–water partition coefficient (Wildman–Crippen LogP) is 3.27. The number of nitrogens with one attached hydrogen (secondary N) is 1. The Morgan fingerprint density at radius 3 is 2.34 bits per heavy atom. The first kappa shape index (κ1) is 20.4. The van der Waals surface area contributed by atoms with Crippen molar-refractivity contribution in [3.63, 3.8) is 0 Å². The third kappa shape index (κ3) is 4.93. The molecule has 1 saturated heterocycles. The summed E-state index contributed by atoms with van der Waals surface area (Å²) in [6.45, 7) is 3.18. The minimum absolute atomic E-state index is 0.131. The average Bonchev–Trinajstić information content (AvgIpc) is 2.74. The van der Waals surface area contributed by atoms with E-state index >= 15 is 0 Å². The van der Waals surface area contributed by atoms with Gasteiger partial charge in [0.15, 0.2) is 0 Å². The molecule has 29 heavy (non-hydrogen) atoms. The summed E-state index contributed by atoms with van der Waals surface area (Å²) in [5, 5.41) is 11.9.